The Morgan fingerprint density at radius 2 is 0.729 bits per heavy atom. The third-order valence-corrected chi connectivity index (χ3v) is 6.49. The molecule has 4 aromatic carbocycles. The lowest BCUT2D eigenvalue weighted by atomic mass is 10.3. The zero-order valence-corrected chi connectivity index (χ0v) is 26.9. The number of nitrogens with zero attached hydrogens (tertiary/aromatic N) is 2. The first-order valence-corrected chi connectivity index (χ1v) is 15.7. The molecule has 244 valence electrons. The van der Waals surface area contributed by atoms with Gasteiger partial charge in [-0.3, -0.25) is 0 Å². The molecule has 2 heterocycles. The van der Waals surface area contributed by atoms with E-state index in [4.69, 9.17) is 28.4 Å². The van der Waals surface area contributed by atoms with Crippen molar-refractivity contribution in [3.05, 3.63) is 158 Å². The maximum atomic E-state index is 5.75. The Kier molecular flexibility index (Phi) is 12.6. The Hall–Kier alpha value is -6.02. The second kappa shape index (κ2) is 18.2. The smallest absolute Gasteiger partial charge is 0.213 e. The van der Waals surface area contributed by atoms with E-state index < -0.39 is 0 Å². The summed E-state index contributed by atoms with van der Waals surface area (Å²) < 4.78 is 34.3. The van der Waals surface area contributed by atoms with E-state index in [2.05, 4.69) is 9.97 Å². The fraction of sp³-hybridized carbons (Fsp3) is 0.150. The number of benzene rings is 4. The van der Waals surface area contributed by atoms with Crippen molar-refractivity contribution in [1.29, 1.82) is 0 Å². The molecule has 2 unspecified atom stereocenters. The van der Waals surface area contributed by atoms with Crippen LogP contribution in [-0.2, 0) is 0 Å². The molecule has 6 rings (SSSR count). The molecular formula is C40H38N2O6. The van der Waals surface area contributed by atoms with Gasteiger partial charge in [-0.2, -0.15) is 0 Å². The monoisotopic (exact) mass is 642 g/mol. The summed E-state index contributed by atoms with van der Waals surface area (Å²) in [5, 5.41) is 0. The average molecular weight is 643 g/mol. The van der Waals surface area contributed by atoms with E-state index >= 15 is 0 Å². The number of hydrogen-bond acceptors (Lipinski definition) is 8. The van der Waals surface area contributed by atoms with Crippen LogP contribution >= 0.6 is 0 Å². The van der Waals surface area contributed by atoms with Gasteiger partial charge in [0.15, 0.2) is 0 Å². The fourth-order valence-electron chi connectivity index (χ4n) is 4.20. The van der Waals surface area contributed by atoms with Gasteiger partial charge in [0.2, 0.25) is 11.8 Å². The lowest BCUT2D eigenvalue weighted by molar-refractivity contribution is 0.138. The minimum Gasteiger partial charge on any atom is -0.490 e. The molecule has 2 atom stereocenters. The first-order valence-electron chi connectivity index (χ1n) is 15.7. The summed E-state index contributed by atoms with van der Waals surface area (Å²) in [6, 6.07) is 45.5. The summed E-state index contributed by atoms with van der Waals surface area (Å²) in [7, 11) is 0. The Morgan fingerprint density at radius 1 is 0.396 bits per heavy atom. The summed E-state index contributed by atoms with van der Waals surface area (Å²) in [5.74, 6) is 5.89. The zero-order chi connectivity index (χ0) is 33.2. The molecule has 0 bridgehead atoms. The maximum absolute atomic E-state index is 5.75. The van der Waals surface area contributed by atoms with Crippen molar-refractivity contribution in [3.63, 3.8) is 0 Å². The van der Waals surface area contributed by atoms with Crippen LogP contribution in [0, 0.1) is 0 Å². The molecular weight excluding hydrogens is 604 g/mol. The van der Waals surface area contributed by atoms with Crippen LogP contribution in [0.5, 0.6) is 46.3 Å². The molecule has 0 aliphatic carbocycles. The van der Waals surface area contributed by atoms with Crippen LogP contribution in [0.2, 0.25) is 0 Å². The van der Waals surface area contributed by atoms with Crippen LogP contribution in [0.3, 0.4) is 0 Å². The fourth-order valence-corrected chi connectivity index (χ4v) is 4.20. The highest BCUT2D eigenvalue weighted by molar-refractivity contribution is 5.36. The number of para-hydroxylation sites is 2. The van der Waals surface area contributed by atoms with E-state index in [0.29, 0.717) is 25.0 Å². The van der Waals surface area contributed by atoms with E-state index in [-0.39, 0.29) is 12.2 Å². The highest BCUT2D eigenvalue weighted by Gasteiger charge is 2.08. The maximum Gasteiger partial charge on any atom is 0.213 e. The van der Waals surface area contributed by atoms with Crippen LogP contribution in [0.1, 0.15) is 13.8 Å². The van der Waals surface area contributed by atoms with Gasteiger partial charge in [0.25, 0.3) is 0 Å². The molecule has 0 fully saturated rings. The van der Waals surface area contributed by atoms with Gasteiger partial charge < -0.3 is 28.4 Å². The molecule has 6 aromatic rings. The van der Waals surface area contributed by atoms with Crippen molar-refractivity contribution in [3.8, 4) is 46.3 Å². The van der Waals surface area contributed by atoms with Crippen molar-refractivity contribution in [2.75, 3.05) is 13.2 Å². The number of rotatable bonds is 14. The molecule has 48 heavy (non-hydrogen) atoms. The first kappa shape index (κ1) is 33.3. The van der Waals surface area contributed by atoms with Gasteiger partial charge in [-0.05, 0) is 98.8 Å². The Labute approximate surface area is 281 Å². The van der Waals surface area contributed by atoms with Crippen LogP contribution < -0.4 is 28.4 Å². The van der Waals surface area contributed by atoms with Crippen LogP contribution in [0.25, 0.3) is 0 Å². The standard InChI is InChI=1S/2C20H19NO3/c2*1-16(23-20-9-5-6-14-21-20)15-22-17-10-12-19(13-11-17)24-18-7-3-2-4-8-18/h2*2-14,16H,15H2,1H3. The largest absolute Gasteiger partial charge is 0.490 e. The predicted molar refractivity (Wildman–Crippen MR) is 186 cm³/mol. The van der Waals surface area contributed by atoms with E-state index in [1.165, 1.54) is 0 Å². The third kappa shape index (κ3) is 11.7. The van der Waals surface area contributed by atoms with E-state index in [0.717, 1.165) is 34.5 Å². The molecule has 2 aromatic heterocycles. The van der Waals surface area contributed by atoms with Crippen LogP contribution in [0.15, 0.2) is 158 Å². The number of aromatic nitrogens is 2. The SMILES string of the molecule is CC(COc1ccc(Oc2ccccc2)cc1)Oc1ccccn1.CC(COc1ccc(Oc2ccccc2)cc1)Oc1ccccn1. The highest BCUT2D eigenvalue weighted by Crippen LogP contribution is 2.25. The lowest BCUT2D eigenvalue weighted by Gasteiger charge is -2.15. The first-order chi connectivity index (χ1) is 23.6. The van der Waals surface area contributed by atoms with Gasteiger partial charge in [0.1, 0.15) is 59.9 Å². The lowest BCUT2D eigenvalue weighted by Crippen LogP contribution is -2.21. The molecule has 0 N–H and O–H groups in total. The second-order valence-corrected chi connectivity index (χ2v) is 10.6. The van der Waals surface area contributed by atoms with Gasteiger partial charge in [0.05, 0.1) is 0 Å². The highest BCUT2D eigenvalue weighted by atomic mass is 16.5. The molecule has 8 heteroatoms. The van der Waals surface area contributed by atoms with E-state index in [1.807, 2.05) is 159 Å². The Bertz CT molecular complexity index is 1590. The van der Waals surface area contributed by atoms with Gasteiger partial charge >= 0.3 is 0 Å². The average Bonchev–Trinajstić information content (AvgIpc) is 3.13. The summed E-state index contributed by atoms with van der Waals surface area (Å²) in [5.41, 5.74) is 0. The molecule has 8 nitrogen and oxygen atoms in total. The van der Waals surface area contributed by atoms with Crippen molar-refractivity contribution < 1.29 is 28.4 Å². The number of hydrogen-bond donors (Lipinski definition) is 0. The normalized spacial score (nSPS) is 11.5. The molecule has 0 saturated heterocycles. The predicted octanol–water partition coefficient (Wildman–Crippen LogP) is 9.44. The van der Waals surface area contributed by atoms with Gasteiger partial charge in [-0.1, -0.05) is 48.5 Å². The molecule has 0 amide bonds. The second-order valence-electron chi connectivity index (χ2n) is 10.6. The minimum atomic E-state index is -0.0971. The number of ether oxygens (including phenoxy) is 6. The van der Waals surface area contributed by atoms with Crippen LogP contribution in [0.4, 0.5) is 0 Å². The Balaban J connectivity index is 0.000000188. The van der Waals surface area contributed by atoms with E-state index in [9.17, 15) is 0 Å². The molecule has 0 spiro atoms. The van der Waals surface area contributed by atoms with Gasteiger partial charge in [0, 0.05) is 24.5 Å². The summed E-state index contributed by atoms with van der Waals surface area (Å²) in [4.78, 5) is 8.26. The molecule has 0 saturated carbocycles. The Morgan fingerprint density at radius 3 is 1.08 bits per heavy atom. The number of pyridine rings is 2. The summed E-state index contributed by atoms with van der Waals surface area (Å²) in [6.45, 7) is 4.77. The van der Waals surface area contributed by atoms with E-state index in [1.54, 1.807) is 12.4 Å². The van der Waals surface area contributed by atoms with Crippen LogP contribution in [-0.4, -0.2) is 35.4 Å². The van der Waals surface area contributed by atoms with Crippen molar-refractivity contribution >= 4 is 0 Å². The third-order valence-electron chi connectivity index (χ3n) is 6.49. The topological polar surface area (TPSA) is 81.2 Å². The molecule has 0 aliphatic heterocycles. The van der Waals surface area contributed by atoms with Crippen molar-refractivity contribution in [2.24, 2.45) is 0 Å². The molecule has 0 aliphatic rings. The molecule has 0 radical (unpaired) electrons. The summed E-state index contributed by atoms with van der Waals surface area (Å²) in [6.07, 6.45) is 3.21. The minimum absolute atomic E-state index is 0.0971. The van der Waals surface area contributed by atoms with Crippen molar-refractivity contribution in [1.82, 2.24) is 9.97 Å². The summed E-state index contributed by atoms with van der Waals surface area (Å²) >= 11 is 0. The quantitative estimate of drug-likeness (QED) is 0.116. The van der Waals surface area contributed by atoms with Crippen molar-refractivity contribution in [2.45, 2.75) is 26.1 Å². The van der Waals surface area contributed by atoms with Gasteiger partial charge in [-0.15, -0.1) is 0 Å². The van der Waals surface area contributed by atoms with Gasteiger partial charge in [-0.25, -0.2) is 9.97 Å². The zero-order valence-electron chi connectivity index (χ0n) is 26.9.